The number of furan rings is 1. The molecule has 0 bridgehead atoms. The van der Waals surface area contributed by atoms with Crippen molar-refractivity contribution in [1.29, 1.82) is 0 Å². The van der Waals surface area contributed by atoms with E-state index in [1.54, 1.807) is 24.4 Å². The molecule has 0 aliphatic heterocycles. The molecule has 1 amide bonds. The summed E-state index contributed by atoms with van der Waals surface area (Å²) in [6.45, 7) is 0.166. The van der Waals surface area contributed by atoms with E-state index < -0.39 is 12.0 Å². The lowest BCUT2D eigenvalue weighted by atomic mass is 10.3. The Morgan fingerprint density at radius 2 is 2.21 bits per heavy atom. The molecule has 0 fully saturated rings. The van der Waals surface area contributed by atoms with Crippen LogP contribution in [0.15, 0.2) is 52.0 Å². The first-order valence-electron chi connectivity index (χ1n) is 5.82. The number of nitrogens with zero attached hydrogens (tertiary/aromatic N) is 1. The Morgan fingerprint density at radius 3 is 2.89 bits per heavy atom. The molecule has 1 atom stereocenters. The van der Waals surface area contributed by atoms with Gasteiger partial charge in [-0.15, -0.1) is 0 Å². The normalized spacial score (nSPS) is 12.1. The van der Waals surface area contributed by atoms with Gasteiger partial charge in [0.2, 0.25) is 0 Å². The summed E-state index contributed by atoms with van der Waals surface area (Å²) in [5.41, 5.74) is -0.195. The first kappa shape index (κ1) is 13.1. The average Bonchev–Trinajstić information content (AvgIpc) is 2.93. The van der Waals surface area contributed by atoms with E-state index in [1.165, 1.54) is 23.0 Å². The van der Waals surface area contributed by atoms with Crippen molar-refractivity contribution < 1.29 is 14.3 Å². The number of amides is 1. The monoisotopic (exact) mass is 262 g/mol. The Balaban J connectivity index is 1.85. The molecule has 100 valence electrons. The summed E-state index contributed by atoms with van der Waals surface area (Å²) in [6, 6.07) is 7.88. The fourth-order valence-electron chi connectivity index (χ4n) is 1.61. The highest BCUT2D eigenvalue weighted by atomic mass is 16.3. The molecule has 0 spiro atoms. The standard InChI is InChI=1S/C13H14N2O4/c16-10(9-15-6-2-1-5-12(15)17)8-14-13(18)11-4-3-7-19-11/h1-7,10,16H,8-9H2,(H,14,18). The van der Waals surface area contributed by atoms with Crippen LogP contribution < -0.4 is 10.9 Å². The van der Waals surface area contributed by atoms with Crippen molar-refractivity contribution in [1.82, 2.24) is 9.88 Å². The molecule has 0 aliphatic carbocycles. The molecule has 0 aromatic carbocycles. The summed E-state index contributed by atoms with van der Waals surface area (Å²) in [5.74, 6) is -0.214. The van der Waals surface area contributed by atoms with Gasteiger partial charge in [0.1, 0.15) is 0 Å². The van der Waals surface area contributed by atoms with E-state index in [4.69, 9.17) is 4.42 Å². The van der Waals surface area contributed by atoms with Gasteiger partial charge in [-0.2, -0.15) is 0 Å². The molecule has 1 unspecified atom stereocenters. The highest BCUT2D eigenvalue weighted by molar-refractivity contribution is 5.91. The lowest BCUT2D eigenvalue weighted by Gasteiger charge is -2.12. The highest BCUT2D eigenvalue weighted by Crippen LogP contribution is 1.99. The Bertz CT molecular complexity index is 589. The largest absolute Gasteiger partial charge is 0.459 e. The Morgan fingerprint density at radius 1 is 1.37 bits per heavy atom. The zero-order valence-corrected chi connectivity index (χ0v) is 10.2. The minimum Gasteiger partial charge on any atom is -0.459 e. The third kappa shape index (κ3) is 3.56. The van der Waals surface area contributed by atoms with Crippen molar-refractivity contribution in [3.8, 4) is 0 Å². The van der Waals surface area contributed by atoms with Gasteiger partial charge in [0.15, 0.2) is 5.76 Å². The third-order valence-corrected chi connectivity index (χ3v) is 2.55. The summed E-state index contributed by atoms with van der Waals surface area (Å²) in [6.07, 6.45) is 2.13. The van der Waals surface area contributed by atoms with Crippen LogP contribution in [0.25, 0.3) is 0 Å². The van der Waals surface area contributed by atoms with Crippen LogP contribution in [0.3, 0.4) is 0 Å². The van der Waals surface area contributed by atoms with E-state index in [9.17, 15) is 14.7 Å². The topological polar surface area (TPSA) is 84.5 Å². The molecule has 0 saturated heterocycles. The predicted molar refractivity (Wildman–Crippen MR) is 67.8 cm³/mol. The number of rotatable bonds is 5. The second-order valence-corrected chi connectivity index (χ2v) is 4.03. The van der Waals surface area contributed by atoms with Crippen LogP contribution in [0.4, 0.5) is 0 Å². The number of hydrogen-bond donors (Lipinski definition) is 2. The zero-order valence-electron chi connectivity index (χ0n) is 10.2. The van der Waals surface area contributed by atoms with E-state index in [1.807, 2.05) is 0 Å². The van der Waals surface area contributed by atoms with Gasteiger partial charge in [-0.3, -0.25) is 9.59 Å². The summed E-state index contributed by atoms with van der Waals surface area (Å²) >= 11 is 0. The van der Waals surface area contributed by atoms with Gasteiger partial charge in [-0.05, 0) is 18.2 Å². The molecular weight excluding hydrogens is 248 g/mol. The molecule has 6 nitrogen and oxygen atoms in total. The van der Waals surface area contributed by atoms with Crippen LogP contribution in [-0.2, 0) is 6.54 Å². The molecule has 0 aliphatic rings. The average molecular weight is 262 g/mol. The van der Waals surface area contributed by atoms with E-state index >= 15 is 0 Å². The van der Waals surface area contributed by atoms with E-state index in [-0.39, 0.29) is 24.4 Å². The van der Waals surface area contributed by atoms with Crippen LogP contribution in [0.2, 0.25) is 0 Å². The quantitative estimate of drug-likeness (QED) is 0.808. The van der Waals surface area contributed by atoms with E-state index in [0.29, 0.717) is 0 Å². The molecular formula is C13H14N2O4. The molecule has 2 aromatic rings. The second kappa shape index (κ2) is 6.01. The van der Waals surface area contributed by atoms with Crippen molar-refractivity contribution in [3.05, 3.63) is 58.9 Å². The van der Waals surface area contributed by atoms with Crippen LogP contribution in [0, 0.1) is 0 Å². The van der Waals surface area contributed by atoms with Crippen LogP contribution >= 0.6 is 0 Å². The zero-order chi connectivity index (χ0) is 13.7. The minimum absolute atomic E-state index is 0.0425. The number of aromatic nitrogens is 1. The fourth-order valence-corrected chi connectivity index (χ4v) is 1.61. The molecule has 2 rings (SSSR count). The number of pyridine rings is 1. The van der Waals surface area contributed by atoms with Crippen LogP contribution in [0.5, 0.6) is 0 Å². The predicted octanol–water partition coefficient (Wildman–Crippen LogP) is 0.232. The maximum Gasteiger partial charge on any atom is 0.287 e. The fraction of sp³-hybridized carbons (Fsp3) is 0.231. The summed E-state index contributed by atoms with van der Waals surface area (Å²) in [5, 5.41) is 12.3. The second-order valence-electron chi connectivity index (χ2n) is 4.03. The van der Waals surface area contributed by atoms with Crippen molar-refractivity contribution in [2.24, 2.45) is 0 Å². The summed E-state index contributed by atoms with van der Waals surface area (Å²) < 4.78 is 6.29. The number of aliphatic hydroxyl groups is 1. The van der Waals surface area contributed by atoms with Crippen molar-refractivity contribution in [2.45, 2.75) is 12.6 Å². The first-order chi connectivity index (χ1) is 9.16. The van der Waals surface area contributed by atoms with Gasteiger partial charge < -0.3 is 19.4 Å². The summed E-state index contributed by atoms with van der Waals surface area (Å²) in [4.78, 5) is 23.0. The van der Waals surface area contributed by atoms with Crippen molar-refractivity contribution in [3.63, 3.8) is 0 Å². The number of carbonyl (C=O) groups excluding carboxylic acids is 1. The third-order valence-electron chi connectivity index (χ3n) is 2.55. The summed E-state index contributed by atoms with van der Waals surface area (Å²) in [7, 11) is 0. The van der Waals surface area contributed by atoms with Gasteiger partial charge >= 0.3 is 0 Å². The molecule has 6 heteroatoms. The van der Waals surface area contributed by atoms with Gasteiger partial charge in [0, 0.05) is 18.8 Å². The minimum atomic E-state index is -0.848. The molecule has 2 heterocycles. The number of carbonyl (C=O) groups is 1. The Labute approximate surface area is 109 Å². The van der Waals surface area contributed by atoms with Gasteiger partial charge in [0.25, 0.3) is 11.5 Å². The number of nitrogens with one attached hydrogen (secondary N) is 1. The smallest absolute Gasteiger partial charge is 0.287 e. The Kier molecular flexibility index (Phi) is 4.15. The molecule has 2 aromatic heterocycles. The lowest BCUT2D eigenvalue weighted by molar-refractivity contribution is 0.0876. The highest BCUT2D eigenvalue weighted by Gasteiger charge is 2.11. The van der Waals surface area contributed by atoms with Gasteiger partial charge in [-0.25, -0.2) is 0 Å². The maximum absolute atomic E-state index is 11.5. The molecule has 0 saturated carbocycles. The number of hydrogen-bond acceptors (Lipinski definition) is 4. The van der Waals surface area contributed by atoms with Crippen LogP contribution in [-0.4, -0.2) is 28.2 Å². The number of aliphatic hydroxyl groups excluding tert-OH is 1. The van der Waals surface area contributed by atoms with Gasteiger partial charge in [-0.1, -0.05) is 6.07 Å². The lowest BCUT2D eigenvalue weighted by Crippen LogP contribution is -2.36. The Hall–Kier alpha value is -2.34. The molecule has 2 N–H and O–H groups in total. The molecule has 0 radical (unpaired) electrons. The van der Waals surface area contributed by atoms with Crippen molar-refractivity contribution >= 4 is 5.91 Å². The van der Waals surface area contributed by atoms with E-state index in [0.717, 1.165) is 0 Å². The van der Waals surface area contributed by atoms with Crippen molar-refractivity contribution in [2.75, 3.05) is 6.54 Å². The molecule has 19 heavy (non-hydrogen) atoms. The van der Waals surface area contributed by atoms with Gasteiger partial charge in [0.05, 0.1) is 18.9 Å². The first-order valence-corrected chi connectivity index (χ1v) is 5.82. The van der Waals surface area contributed by atoms with Crippen LogP contribution in [0.1, 0.15) is 10.6 Å². The SMILES string of the molecule is O=C(NCC(O)Cn1ccccc1=O)c1ccco1. The maximum atomic E-state index is 11.5. The van der Waals surface area contributed by atoms with E-state index in [2.05, 4.69) is 5.32 Å².